The van der Waals surface area contributed by atoms with Crippen LogP contribution in [0.25, 0.3) is 0 Å². The molecule has 2 aliphatic heterocycles. The molecule has 2 saturated heterocycles. The number of hydrogen-bond acceptors (Lipinski definition) is 5. The van der Waals surface area contributed by atoms with Gasteiger partial charge in [-0.2, -0.15) is 0 Å². The summed E-state index contributed by atoms with van der Waals surface area (Å²) in [6, 6.07) is 0. The first-order chi connectivity index (χ1) is 12.3. The second-order valence-electron chi connectivity index (χ2n) is 6.63. The van der Waals surface area contributed by atoms with Crippen molar-refractivity contribution < 1.29 is 9.47 Å². The zero-order chi connectivity index (χ0) is 17.5. The van der Waals surface area contributed by atoms with E-state index in [-0.39, 0.29) is 36.2 Å². The van der Waals surface area contributed by atoms with Gasteiger partial charge < -0.3 is 19.7 Å². The highest BCUT2D eigenvalue weighted by Gasteiger charge is 2.32. The van der Waals surface area contributed by atoms with Crippen LogP contribution in [-0.2, 0) is 15.9 Å². The molecule has 1 N–H and O–H groups in total. The zero-order valence-electron chi connectivity index (χ0n) is 15.8. The van der Waals surface area contributed by atoms with Crippen molar-refractivity contribution in [3.63, 3.8) is 0 Å². The molecular weight excluding hydrogens is 463 g/mol. The van der Waals surface area contributed by atoms with Gasteiger partial charge in [0.2, 0.25) is 0 Å². The van der Waals surface area contributed by atoms with E-state index in [9.17, 15) is 0 Å². The summed E-state index contributed by atoms with van der Waals surface area (Å²) in [4.78, 5) is 11.7. The van der Waals surface area contributed by atoms with Crippen LogP contribution in [0.1, 0.15) is 36.9 Å². The van der Waals surface area contributed by atoms with Gasteiger partial charge in [0.05, 0.1) is 17.7 Å². The number of nitrogens with zero attached hydrogens (tertiary/aromatic N) is 3. The van der Waals surface area contributed by atoms with Crippen LogP contribution in [0.2, 0.25) is 0 Å². The lowest BCUT2D eigenvalue weighted by Crippen LogP contribution is -2.53. The molecule has 1 aromatic rings. The first-order valence-electron chi connectivity index (χ1n) is 9.43. The summed E-state index contributed by atoms with van der Waals surface area (Å²) in [6.07, 6.45) is 4.70. The Kier molecular flexibility index (Phi) is 9.58. The number of aliphatic imine (C=N–C) groups is 1. The van der Waals surface area contributed by atoms with Crippen LogP contribution in [0, 0.1) is 6.92 Å². The summed E-state index contributed by atoms with van der Waals surface area (Å²) >= 11 is 1.75. The molecule has 148 valence electrons. The Hall–Kier alpha value is -0.450. The van der Waals surface area contributed by atoms with E-state index in [0.717, 1.165) is 76.7 Å². The Labute approximate surface area is 177 Å². The molecule has 0 spiro atoms. The fourth-order valence-corrected chi connectivity index (χ4v) is 4.17. The quantitative estimate of drug-likeness (QED) is 0.285. The number of morpholine rings is 1. The molecule has 0 bridgehead atoms. The number of hydrogen-bond donors (Lipinski definition) is 1. The van der Waals surface area contributed by atoms with E-state index in [0.29, 0.717) is 0 Å². The predicted octanol–water partition coefficient (Wildman–Crippen LogP) is 2.85. The van der Waals surface area contributed by atoms with Crippen molar-refractivity contribution in [2.24, 2.45) is 4.99 Å². The lowest BCUT2D eigenvalue weighted by molar-refractivity contribution is -0.0817. The Morgan fingerprint density at radius 1 is 1.38 bits per heavy atom. The first kappa shape index (κ1) is 21.8. The maximum absolute atomic E-state index is 5.95. The van der Waals surface area contributed by atoms with E-state index in [4.69, 9.17) is 14.5 Å². The second kappa shape index (κ2) is 11.4. The molecule has 6 nitrogen and oxygen atoms in total. The van der Waals surface area contributed by atoms with E-state index in [1.807, 2.05) is 6.92 Å². The molecule has 0 aliphatic carbocycles. The average Bonchev–Trinajstić information content (AvgIpc) is 3.30. The molecule has 0 saturated carbocycles. The first-order valence-corrected chi connectivity index (χ1v) is 10.3. The maximum Gasteiger partial charge on any atom is 0.194 e. The summed E-state index contributed by atoms with van der Waals surface area (Å²) in [5.41, 5.74) is 1.12. The normalized spacial score (nSPS) is 23.8. The summed E-state index contributed by atoms with van der Waals surface area (Å²) in [7, 11) is 0. The standard InChI is InChI=1S/C18H30N4O2S.HI/c1-3-19-18(20-8-4-7-17-21-14(2)13-25-17)22-9-11-24-16(12-22)15-6-5-10-23-15;/h13,15-16H,3-12H2,1-2H3,(H,19,20);1H. The van der Waals surface area contributed by atoms with Crippen LogP contribution in [0.15, 0.2) is 10.4 Å². The number of aryl methyl sites for hydroxylation is 2. The summed E-state index contributed by atoms with van der Waals surface area (Å²) in [5.74, 6) is 1.00. The van der Waals surface area contributed by atoms with Gasteiger partial charge >= 0.3 is 0 Å². The van der Waals surface area contributed by atoms with Crippen molar-refractivity contribution in [1.82, 2.24) is 15.2 Å². The maximum atomic E-state index is 5.95. The second-order valence-corrected chi connectivity index (χ2v) is 7.57. The third kappa shape index (κ3) is 6.31. The van der Waals surface area contributed by atoms with Crippen LogP contribution in [-0.4, -0.2) is 67.4 Å². The molecule has 26 heavy (non-hydrogen) atoms. The zero-order valence-corrected chi connectivity index (χ0v) is 18.9. The number of ether oxygens (including phenoxy) is 2. The van der Waals surface area contributed by atoms with Crippen molar-refractivity contribution in [2.75, 3.05) is 39.4 Å². The Bertz CT molecular complexity index is 563. The number of guanidine groups is 1. The van der Waals surface area contributed by atoms with Gasteiger partial charge in [-0.15, -0.1) is 35.3 Å². The van der Waals surface area contributed by atoms with E-state index < -0.39 is 0 Å². The van der Waals surface area contributed by atoms with Crippen molar-refractivity contribution in [3.8, 4) is 0 Å². The third-order valence-corrected chi connectivity index (χ3v) is 5.61. The lowest BCUT2D eigenvalue weighted by atomic mass is 10.1. The highest BCUT2D eigenvalue weighted by atomic mass is 127. The van der Waals surface area contributed by atoms with Gasteiger partial charge in [-0.1, -0.05) is 0 Å². The molecule has 2 atom stereocenters. The molecule has 8 heteroatoms. The number of thiazole rings is 1. The number of halogens is 1. The van der Waals surface area contributed by atoms with Crippen molar-refractivity contribution in [1.29, 1.82) is 0 Å². The number of nitrogens with one attached hydrogen (secondary N) is 1. The van der Waals surface area contributed by atoms with Crippen molar-refractivity contribution >= 4 is 41.3 Å². The van der Waals surface area contributed by atoms with Crippen molar-refractivity contribution in [3.05, 3.63) is 16.1 Å². The number of rotatable bonds is 6. The number of aromatic nitrogens is 1. The van der Waals surface area contributed by atoms with E-state index in [1.54, 1.807) is 11.3 Å². The molecular formula is C18H31IN4O2S. The van der Waals surface area contributed by atoms with E-state index >= 15 is 0 Å². The Balaban J connectivity index is 0.00000243. The van der Waals surface area contributed by atoms with Crippen LogP contribution in [0.5, 0.6) is 0 Å². The molecule has 0 radical (unpaired) electrons. The SMILES string of the molecule is CCNC(=NCCCc1nc(C)cs1)N1CCOC(C2CCCO2)C1.I. The third-order valence-electron chi connectivity index (χ3n) is 4.58. The minimum atomic E-state index is 0. The van der Waals surface area contributed by atoms with Crippen molar-refractivity contribution in [2.45, 2.75) is 51.7 Å². The predicted molar refractivity (Wildman–Crippen MR) is 117 cm³/mol. The fourth-order valence-electron chi connectivity index (χ4n) is 3.35. The lowest BCUT2D eigenvalue weighted by Gasteiger charge is -2.37. The highest BCUT2D eigenvalue weighted by Crippen LogP contribution is 2.21. The largest absolute Gasteiger partial charge is 0.375 e. The molecule has 0 amide bonds. The summed E-state index contributed by atoms with van der Waals surface area (Å²) in [5, 5.41) is 6.76. The summed E-state index contributed by atoms with van der Waals surface area (Å²) in [6.45, 7) is 9.23. The van der Waals surface area contributed by atoms with Gasteiger partial charge in [0.1, 0.15) is 6.10 Å². The summed E-state index contributed by atoms with van der Waals surface area (Å²) < 4.78 is 11.8. The van der Waals surface area contributed by atoms with Gasteiger partial charge in [-0.25, -0.2) is 4.98 Å². The average molecular weight is 494 g/mol. The molecule has 2 unspecified atom stereocenters. The van der Waals surface area contributed by atoms with Crippen LogP contribution in [0.3, 0.4) is 0 Å². The Morgan fingerprint density at radius 2 is 2.23 bits per heavy atom. The topological polar surface area (TPSA) is 59.0 Å². The molecule has 2 fully saturated rings. The molecule has 3 heterocycles. The highest BCUT2D eigenvalue weighted by molar-refractivity contribution is 14.0. The van der Waals surface area contributed by atoms with Crippen LogP contribution < -0.4 is 5.32 Å². The minimum absolute atomic E-state index is 0. The van der Waals surface area contributed by atoms with Crippen LogP contribution >= 0.6 is 35.3 Å². The van der Waals surface area contributed by atoms with Gasteiger partial charge in [0, 0.05) is 50.3 Å². The van der Waals surface area contributed by atoms with E-state index in [1.165, 1.54) is 5.01 Å². The smallest absolute Gasteiger partial charge is 0.194 e. The minimum Gasteiger partial charge on any atom is -0.375 e. The Morgan fingerprint density at radius 3 is 2.92 bits per heavy atom. The molecule has 3 rings (SSSR count). The fraction of sp³-hybridized carbons (Fsp3) is 0.778. The van der Waals surface area contributed by atoms with Gasteiger partial charge in [0.15, 0.2) is 5.96 Å². The van der Waals surface area contributed by atoms with E-state index in [2.05, 4.69) is 27.5 Å². The van der Waals surface area contributed by atoms with Gasteiger partial charge in [-0.3, -0.25) is 4.99 Å². The van der Waals surface area contributed by atoms with Gasteiger partial charge in [0.25, 0.3) is 0 Å². The van der Waals surface area contributed by atoms with Gasteiger partial charge in [-0.05, 0) is 33.1 Å². The molecule has 1 aromatic heterocycles. The molecule has 2 aliphatic rings. The van der Waals surface area contributed by atoms with Crippen LogP contribution in [0.4, 0.5) is 0 Å². The monoisotopic (exact) mass is 494 g/mol. The molecule has 0 aromatic carbocycles.